The number of hydrogen-bond donors (Lipinski definition) is 2. The molecule has 3 aromatic rings. The summed E-state index contributed by atoms with van der Waals surface area (Å²) in [6.07, 6.45) is 1.30. The van der Waals surface area contributed by atoms with Crippen molar-refractivity contribution >= 4 is 34.7 Å². The van der Waals surface area contributed by atoms with Crippen molar-refractivity contribution in [3.05, 3.63) is 71.7 Å². The number of nitrogens with zero attached hydrogens (tertiary/aromatic N) is 2. The summed E-state index contributed by atoms with van der Waals surface area (Å²) in [5.74, 6) is -2.83. The molecule has 0 fully saturated rings. The van der Waals surface area contributed by atoms with Crippen molar-refractivity contribution in [2.24, 2.45) is 0 Å². The molecule has 0 spiro atoms. The third-order valence-corrected chi connectivity index (χ3v) is 5.80. The molecule has 202 valence electrons. The maximum atomic E-state index is 13.9. The molecule has 1 aromatic heterocycles. The van der Waals surface area contributed by atoms with Crippen molar-refractivity contribution in [2.75, 3.05) is 26.1 Å². The largest absolute Gasteiger partial charge is 0.469 e. The van der Waals surface area contributed by atoms with Gasteiger partial charge in [0.1, 0.15) is 18.2 Å². The van der Waals surface area contributed by atoms with Gasteiger partial charge in [-0.05, 0) is 48.6 Å². The highest BCUT2D eigenvalue weighted by molar-refractivity contribution is 5.89. The number of aromatic nitrogens is 1. The minimum atomic E-state index is -1.06. The number of urea groups is 1. The highest BCUT2D eigenvalue weighted by Gasteiger charge is 2.23. The van der Waals surface area contributed by atoms with Gasteiger partial charge >= 0.3 is 18.1 Å². The first-order valence-corrected chi connectivity index (χ1v) is 11.7. The molecule has 0 saturated heterocycles. The topological polar surface area (TPSA) is 110 Å². The van der Waals surface area contributed by atoms with E-state index in [-0.39, 0.29) is 37.4 Å². The van der Waals surface area contributed by atoms with Gasteiger partial charge < -0.3 is 19.7 Å². The number of pyridine rings is 1. The highest BCUT2D eigenvalue weighted by Crippen LogP contribution is 2.18. The number of carbonyl (C=O) groups is 3. The van der Waals surface area contributed by atoms with Crippen LogP contribution in [0.2, 0.25) is 0 Å². The number of nitrogens with one attached hydrogen (secondary N) is 2. The van der Waals surface area contributed by atoms with E-state index in [1.165, 1.54) is 55.6 Å². The summed E-state index contributed by atoms with van der Waals surface area (Å²) < 4.78 is 50.8. The molecular formula is C26H27F3N4O5. The Bertz CT molecular complexity index is 1310. The van der Waals surface area contributed by atoms with E-state index in [4.69, 9.17) is 4.74 Å². The van der Waals surface area contributed by atoms with Gasteiger partial charge in [0.05, 0.1) is 13.2 Å². The Hall–Kier alpha value is -4.35. The standard InChI is InChI=1S/C26H27F3N4O5/c1-33(25(35)31-14-17-5-3-7-21(28)24(17)29)20(6-4-8-23(34)37-2)15-38-26(36)32-22-12-18-11-19(27)10-9-16(18)13-30-22/h3,5,7,9-13,20H,4,6,8,14-15H2,1-2H3,(H,31,35)(H,30,32,36)/t20-/m0/s1. The van der Waals surface area contributed by atoms with Crippen molar-refractivity contribution in [3.8, 4) is 0 Å². The van der Waals surface area contributed by atoms with E-state index < -0.39 is 41.6 Å². The molecule has 0 unspecified atom stereocenters. The van der Waals surface area contributed by atoms with E-state index in [2.05, 4.69) is 20.4 Å². The summed E-state index contributed by atoms with van der Waals surface area (Å²) in [5, 5.41) is 6.16. The first-order chi connectivity index (χ1) is 18.2. The Morgan fingerprint density at radius 2 is 1.87 bits per heavy atom. The van der Waals surface area contributed by atoms with Crippen molar-refractivity contribution in [2.45, 2.75) is 31.8 Å². The van der Waals surface area contributed by atoms with Crippen LogP contribution in [0.15, 0.2) is 48.7 Å². The average Bonchev–Trinajstić information content (AvgIpc) is 2.90. The molecule has 38 heavy (non-hydrogen) atoms. The molecule has 9 nitrogen and oxygen atoms in total. The molecule has 0 bridgehead atoms. The fourth-order valence-corrected chi connectivity index (χ4v) is 3.61. The molecule has 3 rings (SSSR count). The number of halogens is 3. The lowest BCUT2D eigenvalue weighted by Crippen LogP contribution is -2.46. The predicted molar refractivity (Wildman–Crippen MR) is 133 cm³/mol. The van der Waals surface area contributed by atoms with Gasteiger partial charge in [0.15, 0.2) is 11.6 Å². The van der Waals surface area contributed by atoms with E-state index >= 15 is 0 Å². The van der Waals surface area contributed by atoms with Gasteiger partial charge in [-0.3, -0.25) is 10.1 Å². The van der Waals surface area contributed by atoms with Gasteiger partial charge in [0, 0.05) is 37.2 Å². The van der Waals surface area contributed by atoms with Crippen molar-refractivity contribution < 1.29 is 37.0 Å². The summed E-state index contributed by atoms with van der Waals surface area (Å²) in [5.41, 5.74) is -0.0348. The van der Waals surface area contributed by atoms with Gasteiger partial charge in [-0.2, -0.15) is 0 Å². The molecule has 0 radical (unpaired) electrons. The maximum Gasteiger partial charge on any atom is 0.412 e. The van der Waals surface area contributed by atoms with Crippen LogP contribution in [0.25, 0.3) is 10.8 Å². The third kappa shape index (κ3) is 7.82. The second-order valence-corrected chi connectivity index (χ2v) is 8.39. The first-order valence-electron chi connectivity index (χ1n) is 11.7. The molecule has 0 saturated carbocycles. The molecule has 2 N–H and O–H groups in total. The number of rotatable bonds is 10. The van der Waals surface area contributed by atoms with Gasteiger partial charge in [0.25, 0.3) is 0 Å². The zero-order valence-corrected chi connectivity index (χ0v) is 20.8. The number of carbonyl (C=O) groups excluding carboxylic acids is 3. The Kier molecular flexibility index (Phi) is 9.85. The highest BCUT2D eigenvalue weighted by atomic mass is 19.2. The summed E-state index contributed by atoms with van der Waals surface area (Å²) in [7, 11) is 2.70. The van der Waals surface area contributed by atoms with E-state index in [9.17, 15) is 27.6 Å². The Morgan fingerprint density at radius 1 is 1.08 bits per heavy atom. The number of esters is 1. The molecule has 0 aliphatic heterocycles. The van der Waals surface area contributed by atoms with Crippen molar-refractivity contribution in [1.29, 1.82) is 0 Å². The number of amides is 3. The molecule has 0 aliphatic carbocycles. The van der Waals surface area contributed by atoms with E-state index in [0.717, 1.165) is 6.07 Å². The van der Waals surface area contributed by atoms with Crippen LogP contribution in [0.3, 0.4) is 0 Å². The minimum absolute atomic E-state index is 0.0348. The number of likely N-dealkylation sites (N-methyl/N-ethyl adjacent to an activating group) is 1. The van der Waals surface area contributed by atoms with Gasteiger partial charge in [-0.15, -0.1) is 0 Å². The quantitative estimate of drug-likeness (QED) is 0.365. The predicted octanol–water partition coefficient (Wildman–Crippen LogP) is 4.75. The summed E-state index contributed by atoms with van der Waals surface area (Å²) in [6.45, 7) is -0.509. The second kappa shape index (κ2) is 13.3. The number of anilines is 1. The molecule has 0 aliphatic rings. The fraction of sp³-hybridized carbons (Fsp3) is 0.308. The lowest BCUT2D eigenvalue weighted by atomic mass is 10.1. The third-order valence-electron chi connectivity index (χ3n) is 5.80. The van der Waals surface area contributed by atoms with Crippen LogP contribution in [0, 0.1) is 17.5 Å². The van der Waals surface area contributed by atoms with Crippen LogP contribution in [0.1, 0.15) is 24.8 Å². The van der Waals surface area contributed by atoms with Crippen LogP contribution in [-0.2, 0) is 20.8 Å². The van der Waals surface area contributed by atoms with Crippen molar-refractivity contribution in [1.82, 2.24) is 15.2 Å². The van der Waals surface area contributed by atoms with Crippen LogP contribution < -0.4 is 10.6 Å². The number of benzene rings is 2. The normalized spacial score (nSPS) is 11.5. The van der Waals surface area contributed by atoms with Crippen LogP contribution in [0.4, 0.5) is 28.6 Å². The monoisotopic (exact) mass is 532 g/mol. The SMILES string of the molecule is COC(=O)CCC[C@@H](COC(=O)Nc1cc2cc(F)ccc2cn1)N(C)C(=O)NCc1cccc(F)c1F. The number of ether oxygens (including phenoxy) is 2. The number of hydrogen-bond acceptors (Lipinski definition) is 6. The molecule has 1 heterocycles. The van der Waals surface area contributed by atoms with Gasteiger partial charge in [-0.25, -0.2) is 27.7 Å². The zero-order valence-electron chi connectivity index (χ0n) is 20.8. The first kappa shape index (κ1) is 28.2. The fourth-order valence-electron chi connectivity index (χ4n) is 3.61. The van der Waals surface area contributed by atoms with E-state index in [1.54, 1.807) is 6.07 Å². The molecule has 2 aromatic carbocycles. The molecule has 3 amide bonds. The lowest BCUT2D eigenvalue weighted by Gasteiger charge is -2.28. The van der Waals surface area contributed by atoms with Crippen molar-refractivity contribution in [3.63, 3.8) is 0 Å². The van der Waals surface area contributed by atoms with Gasteiger partial charge in [0.2, 0.25) is 0 Å². The van der Waals surface area contributed by atoms with Crippen LogP contribution in [0.5, 0.6) is 0 Å². The zero-order chi connectivity index (χ0) is 27.7. The second-order valence-electron chi connectivity index (χ2n) is 8.39. The summed E-state index contributed by atoms with van der Waals surface area (Å²) in [4.78, 5) is 41.9. The maximum absolute atomic E-state index is 13.9. The molecular weight excluding hydrogens is 505 g/mol. The Labute approximate surface area is 216 Å². The smallest absolute Gasteiger partial charge is 0.412 e. The minimum Gasteiger partial charge on any atom is -0.469 e. The lowest BCUT2D eigenvalue weighted by molar-refractivity contribution is -0.140. The Morgan fingerprint density at radius 3 is 2.63 bits per heavy atom. The Balaban J connectivity index is 1.61. The number of methoxy groups -OCH3 is 1. The summed E-state index contributed by atoms with van der Waals surface area (Å²) >= 11 is 0. The van der Waals surface area contributed by atoms with Gasteiger partial charge in [-0.1, -0.05) is 12.1 Å². The average molecular weight is 533 g/mol. The summed E-state index contributed by atoms with van der Waals surface area (Å²) in [6, 6.07) is 7.99. The van der Waals surface area contributed by atoms with E-state index in [0.29, 0.717) is 17.2 Å². The number of fused-ring (bicyclic) bond motifs is 1. The van der Waals surface area contributed by atoms with Crippen LogP contribution >= 0.6 is 0 Å². The molecule has 1 atom stereocenters. The van der Waals surface area contributed by atoms with Crippen LogP contribution in [-0.4, -0.2) is 54.8 Å². The van der Waals surface area contributed by atoms with E-state index in [1.807, 2.05) is 0 Å². The molecule has 12 heteroatoms.